The lowest BCUT2D eigenvalue weighted by Gasteiger charge is -2.45. The summed E-state index contributed by atoms with van der Waals surface area (Å²) in [6.45, 7) is 8.88. The van der Waals surface area contributed by atoms with Gasteiger partial charge in [0.05, 0.1) is 0 Å². The Morgan fingerprint density at radius 2 is 0.932 bits per heavy atom. The van der Waals surface area contributed by atoms with Crippen LogP contribution < -0.4 is 10.4 Å². The van der Waals surface area contributed by atoms with Crippen molar-refractivity contribution in [2.75, 3.05) is 0 Å². The second-order valence-corrected chi connectivity index (χ2v) is 16.7. The van der Waals surface area contributed by atoms with Crippen molar-refractivity contribution in [2.24, 2.45) is 0 Å². The average Bonchev–Trinajstić information content (AvgIpc) is 3.07. The minimum atomic E-state index is -2.81. The van der Waals surface area contributed by atoms with Gasteiger partial charge < -0.3 is 14.0 Å². The van der Waals surface area contributed by atoms with Gasteiger partial charge in [0.25, 0.3) is 8.32 Å². The predicted molar refractivity (Wildman–Crippen MR) is 183 cm³/mol. The summed E-state index contributed by atoms with van der Waals surface area (Å²) >= 11 is 0. The molecule has 2 atom stereocenters. The Morgan fingerprint density at radius 1 is 0.591 bits per heavy atom. The molecule has 0 fully saturated rings. The molecule has 5 aromatic carbocycles. The Kier molecular flexibility index (Phi) is 9.75. The van der Waals surface area contributed by atoms with Crippen LogP contribution in [0.4, 0.5) is 0 Å². The number of rotatable bonds is 12. The minimum absolute atomic E-state index is 0.177. The Hall–Kier alpha value is -4.09. The largest absolute Gasteiger partial charge is 0.405 e. The van der Waals surface area contributed by atoms with E-state index in [-0.39, 0.29) is 11.1 Å². The molecule has 44 heavy (non-hydrogen) atoms. The van der Waals surface area contributed by atoms with Crippen LogP contribution in [0, 0.1) is 0 Å². The molecule has 3 nitrogen and oxygen atoms in total. The first-order chi connectivity index (χ1) is 21.3. The number of carbonyl (C=O) groups is 1. The number of benzene rings is 5. The Balaban J connectivity index is 1.56. The zero-order chi connectivity index (χ0) is 31.0. The molecular formula is C40H42O3Si. The Morgan fingerprint density at radius 3 is 1.25 bits per heavy atom. The van der Waals surface area contributed by atoms with Gasteiger partial charge in [-0.3, -0.25) is 0 Å². The molecule has 0 saturated carbocycles. The summed E-state index contributed by atoms with van der Waals surface area (Å²) in [5.41, 5.74) is 1.89. The first-order valence-corrected chi connectivity index (χ1v) is 17.3. The van der Waals surface area contributed by atoms with Crippen molar-refractivity contribution in [3.8, 4) is 0 Å². The van der Waals surface area contributed by atoms with E-state index in [1.54, 1.807) is 0 Å². The molecular weight excluding hydrogens is 557 g/mol. The molecule has 0 unspecified atom stereocenters. The van der Waals surface area contributed by atoms with E-state index in [4.69, 9.17) is 9.16 Å². The van der Waals surface area contributed by atoms with Gasteiger partial charge in [-0.15, -0.1) is 0 Å². The summed E-state index contributed by atoms with van der Waals surface area (Å²) < 4.78 is 14.4. The molecule has 0 aliphatic rings. The van der Waals surface area contributed by atoms with Gasteiger partial charge in [0.2, 0.25) is 0 Å². The van der Waals surface area contributed by atoms with E-state index in [0.717, 1.165) is 23.0 Å². The average molecular weight is 599 g/mol. The van der Waals surface area contributed by atoms with Crippen molar-refractivity contribution >= 4 is 25.0 Å². The van der Waals surface area contributed by atoms with Crippen LogP contribution in [0.3, 0.4) is 0 Å². The van der Waals surface area contributed by atoms with Gasteiger partial charge in [-0.05, 0) is 39.0 Å². The first-order valence-electron chi connectivity index (χ1n) is 15.4. The van der Waals surface area contributed by atoms with E-state index in [2.05, 4.69) is 113 Å². The number of aldehydes is 1. The van der Waals surface area contributed by atoms with Gasteiger partial charge >= 0.3 is 0 Å². The number of ether oxygens (including phenoxy) is 1. The van der Waals surface area contributed by atoms with Gasteiger partial charge in [-0.2, -0.15) is 0 Å². The van der Waals surface area contributed by atoms with Crippen molar-refractivity contribution in [1.29, 1.82) is 0 Å². The second kappa shape index (κ2) is 13.7. The topological polar surface area (TPSA) is 35.5 Å². The molecule has 5 aromatic rings. The van der Waals surface area contributed by atoms with Crippen LogP contribution in [0.15, 0.2) is 152 Å². The zero-order valence-electron chi connectivity index (χ0n) is 26.1. The van der Waals surface area contributed by atoms with Gasteiger partial charge in [0, 0.05) is 12.5 Å². The van der Waals surface area contributed by atoms with Crippen LogP contribution in [0.1, 0.15) is 50.8 Å². The normalized spacial score (nSPS) is 13.6. The van der Waals surface area contributed by atoms with Crippen LogP contribution in [0.25, 0.3) is 0 Å². The maximum atomic E-state index is 12.9. The summed E-state index contributed by atoms with van der Waals surface area (Å²) in [6, 6.07) is 51.8. The molecule has 0 saturated heterocycles. The lowest BCUT2D eigenvalue weighted by molar-refractivity contribution is -0.128. The smallest absolute Gasteiger partial charge is 0.261 e. The summed E-state index contributed by atoms with van der Waals surface area (Å²) in [5, 5.41) is 2.24. The van der Waals surface area contributed by atoms with E-state index in [1.165, 1.54) is 10.4 Å². The molecule has 0 heterocycles. The van der Waals surface area contributed by atoms with Crippen molar-refractivity contribution in [3.63, 3.8) is 0 Å². The Labute approximate surface area is 263 Å². The van der Waals surface area contributed by atoms with E-state index < -0.39 is 20.0 Å². The van der Waals surface area contributed by atoms with Crippen molar-refractivity contribution < 1.29 is 14.0 Å². The van der Waals surface area contributed by atoms with E-state index in [1.807, 2.05) is 66.7 Å². The summed E-state index contributed by atoms with van der Waals surface area (Å²) in [7, 11) is -2.81. The predicted octanol–water partition coefficient (Wildman–Crippen LogP) is 7.92. The van der Waals surface area contributed by atoms with Crippen molar-refractivity contribution in [3.05, 3.63) is 168 Å². The zero-order valence-corrected chi connectivity index (χ0v) is 27.1. The van der Waals surface area contributed by atoms with Crippen molar-refractivity contribution in [1.82, 2.24) is 0 Å². The molecule has 0 aliphatic carbocycles. The molecule has 0 amide bonds. The summed E-state index contributed by atoms with van der Waals surface area (Å²) in [5.74, 6) is 0. The number of hydrogen-bond donors (Lipinski definition) is 0. The van der Waals surface area contributed by atoms with Crippen LogP contribution in [-0.4, -0.2) is 26.8 Å². The molecule has 0 bridgehead atoms. The maximum absolute atomic E-state index is 12.9. The van der Waals surface area contributed by atoms with Gasteiger partial charge in [0.15, 0.2) is 0 Å². The highest BCUT2D eigenvalue weighted by atomic mass is 28.4. The quantitative estimate of drug-likeness (QED) is 0.0832. The van der Waals surface area contributed by atoms with Crippen LogP contribution >= 0.6 is 0 Å². The molecule has 5 rings (SSSR count). The van der Waals surface area contributed by atoms with Gasteiger partial charge in [-0.1, -0.05) is 172 Å². The highest BCUT2D eigenvalue weighted by Gasteiger charge is 2.51. The van der Waals surface area contributed by atoms with Crippen LogP contribution in [-0.2, 0) is 19.6 Å². The molecule has 0 aromatic heterocycles. The van der Waals surface area contributed by atoms with Crippen LogP contribution in [0.5, 0.6) is 0 Å². The third kappa shape index (κ3) is 6.25. The Bertz CT molecular complexity index is 1450. The van der Waals surface area contributed by atoms with Crippen molar-refractivity contribution in [2.45, 2.75) is 57.0 Å². The second-order valence-electron chi connectivity index (χ2n) is 12.4. The highest BCUT2D eigenvalue weighted by Crippen LogP contribution is 2.42. The fourth-order valence-electron chi connectivity index (χ4n) is 6.45. The third-order valence-corrected chi connectivity index (χ3v) is 13.5. The van der Waals surface area contributed by atoms with Crippen LogP contribution in [0.2, 0.25) is 5.04 Å². The monoisotopic (exact) mass is 598 g/mol. The summed E-state index contributed by atoms with van der Waals surface area (Å²) in [6.07, 6.45) is 0.345. The minimum Gasteiger partial charge on any atom is -0.405 e. The molecule has 4 heteroatoms. The molecule has 0 radical (unpaired) electrons. The lowest BCUT2D eigenvalue weighted by atomic mass is 9.80. The lowest BCUT2D eigenvalue weighted by Crippen LogP contribution is -2.67. The molecule has 224 valence electrons. The fourth-order valence-corrected chi connectivity index (χ4v) is 11.2. The highest BCUT2D eigenvalue weighted by molar-refractivity contribution is 6.99. The standard InChI is InChI=1S/C40H42O3Si/c1-32(43-44(39(2,3)4,37-26-16-8-17-27-37)38-28-18-9-19-29-38)30-36(31-41)42-40(33-20-10-5-11-21-33,34-22-12-6-13-23-34)35-24-14-7-15-25-35/h5-29,31-32,36H,30H2,1-4H3/t32-,36+/m0/s1. The number of hydrogen-bond acceptors (Lipinski definition) is 3. The molecule has 0 spiro atoms. The fraction of sp³-hybridized carbons (Fsp3) is 0.225. The van der Waals surface area contributed by atoms with E-state index in [0.29, 0.717) is 6.42 Å². The molecule has 0 aliphatic heterocycles. The maximum Gasteiger partial charge on any atom is 0.261 e. The third-order valence-electron chi connectivity index (χ3n) is 8.38. The number of carbonyl (C=O) groups excluding carboxylic acids is 1. The first kappa shape index (κ1) is 31.3. The molecule has 0 N–H and O–H groups in total. The van der Waals surface area contributed by atoms with Gasteiger partial charge in [-0.25, -0.2) is 0 Å². The summed E-state index contributed by atoms with van der Waals surface area (Å²) in [4.78, 5) is 12.9. The van der Waals surface area contributed by atoms with Gasteiger partial charge in [0.1, 0.15) is 18.0 Å². The SMILES string of the molecule is C[C@@H](C[C@H](C=O)OC(c1ccccc1)(c1ccccc1)c1ccccc1)O[Si](c1ccccc1)(c1ccccc1)C(C)(C)C. The van der Waals surface area contributed by atoms with E-state index >= 15 is 0 Å². The van der Waals surface area contributed by atoms with E-state index in [9.17, 15) is 4.79 Å².